The van der Waals surface area contributed by atoms with Crippen molar-refractivity contribution in [1.82, 2.24) is 10.2 Å². The van der Waals surface area contributed by atoms with Gasteiger partial charge in [-0.3, -0.25) is 4.72 Å². The molecule has 0 unspecified atom stereocenters. The van der Waals surface area contributed by atoms with Crippen molar-refractivity contribution in [3.8, 4) is 0 Å². The van der Waals surface area contributed by atoms with Gasteiger partial charge < -0.3 is 5.32 Å². The number of aryl methyl sites for hydroxylation is 3. The molecule has 0 aliphatic carbocycles. The summed E-state index contributed by atoms with van der Waals surface area (Å²) >= 11 is 0. The first-order valence-electron chi connectivity index (χ1n) is 8.11. The third kappa shape index (κ3) is 4.00. The van der Waals surface area contributed by atoms with E-state index in [4.69, 9.17) is 0 Å². The van der Waals surface area contributed by atoms with Gasteiger partial charge in [-0.1, -0.05) is 35.9 Å². The Hall–Kier alpha value is -2.93. The van der Waals surface area contributed by atoms with Crippen LogP contribution in [0.25, 0.3) is 0 Å². The van der Waals surface area contributed by atoms with Gasteiger partial charge in [0.2, 0.25) is 0 Å². The van der Waals surface area contributed by atoms with Gasteiger partial charge in [0.15, 0.2) is 11.6 Å². The molecule has 3 rings (SSSR count). The fraction of sp³-hybridized carbons (Fsp3) is 0.158. The number of para-hydroxylation sites is 1. The lowest BCUT2D eigenvalue weighted by Crippen LogP contribution is -2.15. The van der Waals surface area contributed by atoms with E-state index < -0.39 is 10.0 Å². The maximum absolute atomic E-state index is 12.6. The highest BCUT2D eigenvalue weighted by Crippen LogP contribution is 2.21. The van der Waals surface area contributed by atoms with E-state index in [1.807, 2.05) is 44.2 Å². The minimum Gasteiger partial charge on any atom is -0.339 e. The first-order chi connectivity index (χ1) is 12.3. The molecule has 0 spiro atoms. The maximum atomic E-state index is 12.6. The summed E-state index contributed by atoms with van der Waals surface area (Å²) in [5, 5.41) is 11.2. The number of benzene rings is 2. The number of nitrogens with one attached hydrogen (secondary N) is 2. The molecule has 0 atom stereocenters. The Morgan fingerprint density at radius 3 is 2.15 bits per heavy atom. The molecule has 1 heterocycles. The maximum Gasteiger partial charge on any atom is 0.263 e. The topological polar surface area (TPSA) is 84.0 Å². The Bertz CT molecular complexity index is 1030. The summed E-state index contributed by atoms with van der Waals surface area (Å²) in [5.74, 6) is 0.703. The SMILES string of the molecule is Cc1ccc(S(=O)(=O)Nc2ccc(Nc3ccccc3C)nn2)c(C)c1. The molecule has 2 N–H and O–H groups in total. The van der Waals surface area contributed by atoms with Gasteiger partial charge in [0.1, 0.15) is 0 Å². The minimum absolute atomic E-state index is 0.167. The lowest BCUT2D eigenvalue weighted by molar-refractivity contribution is 0.600. The van der Waals surface area contributed by atoms with Gasteiger partial charge in [0, 0.05) is 5.69 Å². The van der Waals surface area contributed by atoms with Crippen LogP contribution in [0.2, 0.25) is 0 Å². The molecule has 2 aromatic carbocycles. The fourth-order valence-corrected chi connectivity index (χ4v) is 3.82. The first-order valence-corrected chi connectivity index (χ1v) is 9.60. The average molecular weight is 368 g/mol. The van der Waals surface area contributed by atoms with Crippen molar-refractivity contribution < 1.29 is 8.42 Å². The summed E-state index contributed by atoms with van der Waals surface area (Å²) in [6.45, 7) is 5.67. The van der Waals surface area contributed by atoms with E-state index in [-0.39, 0.29) is 10.7 Å². The standard InChI is InChI=1S/C19H20N4O2S/c1-13-8-9-17(15(3)12-13)26(24,25)23-19-11-10-18(21-22-19)20-16-7-5-4-6-14(16)2/h4-12H,1-3H3,(H,20,21)(H,22,23). The molecular formula is C19H20N4O2S. The number of hydrogen-bond acceptors (Lipinski definition) is 5. The lowest BCUT2D eigenvalue weighted by atomic mass is 10.2. The number of sulfonamides is 1. The third-order valence-electron chi connectivity index (χ3n) is 3.93. The molecule has 0 radical (unpaired) electrons. The molecule has 0 bridgehead atoms. The summed E-state index contributed by atoms with van der Waals surface area (Å²) in [6.07, 6.45) is 0. The normalized spacial score (nSPS) is 11.2. The van der Waals surface area contributed by atoms with Gasteiger partial charge in [-0.25, -0.2) is 8.42 Å². The average Bonchev–Trinajstić information content (AvgIpc) is 2.58. The van der Waals surface area contributed by atoms with Gasteiger partial charge >= 0.3 is 0 Å². The number of rotatable bonds is 5. The molecule has 0 saturated carbocycles. The van der Waals surface area contributed by atoms with Crippen LogP contribution in [-0.2, 0) is 10.0 Å². The van der Waals surface area contributed by atoms with Crippen molar-refractivity contribution in [3.05, 3.63) is 71.3 Å². The van der Waals surface area contributed by atoms with Crippen molar-refractivity contribution in [2.24, 2.45) is 0 Å². The molecule has 134 valence electrons. The molecule has 0 aliphatic rings. The Morgan fingerprint density at radius 2 is 1.50 bits per heavy atom. The van der Waals surface area contributed by atoms with E-state index in [2.05, 4.69) is 20.2 Å². The van der Waals surface area contributed by atoms with Crippen LogP contribution in [-0.4, -0.2) is 18.6 Å². The first kappa shape index (κ1) is 17.9. The second kappa shape index (κ2) is 7.13. The Balaban J connectivity index is 1.77. The van der Waals surface area contributed by atoms with E-state index in [0.29, 0.717) is 11.4 Å². The van der Waals surface area contributed by atoms with E-state index in [9.17, 15) is 8.42 Å². The van der Waals surface area contributed by atoms with Gasteiger partial charge in [-0.2, -0.15) is 0 Å². The van der Waals surface area contributed by atoms with Crippen molar-refractivity contribution in [3.63, 3.8) is 0 Å². The van der Waals surface area contributed by atoms with E-state index in [1.165, 1.54) is 0 Å². The molecule has 0 fully saturated rings. The second-order valence-electron chi connectivity index (χ2n) is 6.12. The van der Waals surface area contributed by atoms with Crippen molar-refractivity contribution in [1.29, 1.82) is 0 Å². The Kier molecular flexibility index (Phi) is 4.90. The zero-order valence-corrected chi connectivity index (χ0v) is 15.6. The van der Waals surface area contributed by atoms with Crippen LogP contribution in [0.4, 0.5) is 17.3 Å². The zero-order chi connectivity index (χ0) is 18.7. The summed E-state index contributed by atoms with van der Waals surface area (Å²) in [6, 6.07) is 16.3. The molecule has 1 aromatic heterocycles. The highest BCUT2D eigenvalue weighted by atomic mass is 32.2. The lowest BCUT2D eigenvalue weighted by Gasteiger charge is -2.11. The smallest absolute Gasteiger partial charge is 0.263 e. The van der Waals surface area contributed by atoms with Gasteiger partial charge in [0.25, 0.3) is 10.0 Å². The monoisotopic (exact) mass is 368 g/mol. The Labute approximate surface area is 153 Å². The molecule has 7 heteroatoms. The predicted octanol–water partition coefficient (Wildman–Crippen LogP) is 3.95. The van der Waals surface area contributed by atoms with Crippen LogP contribution in [0.1, 0.15) is 16.7 Å². The quantitative estimate of drug-likeness (QED) is 0.712. The summed E-state index contributed by atoms with van der Waals surface area (Å²) in [7, 11) is -3.71. The van der Waals surface area contributed by atoms with Gasteiger partial charge in [-0.05, 0) is 56.2 Å². The largest absolute Gasteiger partial charge is 0.339 e. The van der Waals surface area contributed by atoms with Crippen molar-refractivity contribution in [2.75, 3.05) is 10.0 Å². The zero-order valence-electron chi connectivity index (χ0n) is 14.8. The third-order valence-corrected chi connectivity index (χ3v) is 5.45. The summed E-state index contributed by atoms with van der Waals surface area (Å²) < 4.78 is 27.6. The van der Waals surface area contributed by atoms with Crippen molar-refractivity contribution >= 4 is 27.3 Å². The Morgan fingerprint density at radius 1 is 0.808 bits per heavy atom. The van der Waals surface area contributed by atoms with E-state index in [0.717, 1.165) is 16.8 Å². The molecule has 0 saturated heterocycles. The van der Waals surface area contributed by atoms with Crippen LogP contribution in [0.15, 0.2) is 59.5 Å². The van der Waals surface area contributed by atoms with E-state index in [1.54, 1.807) is 31.2 Å². The molecular weight excluding hydrogens is 348 g/mol. The van der Waals surface area contributed by atoms with Crippen LogP contribution >= 0.6 is 0 Å². The predicted molar refractivity (Wildman–Crippen MR) is 103 cm³/mol. The number of nitrogens with zero attached hydrogens (tertiary/aromatic N) is 2. The van der Waals surface area contributed by atoms with Crippen molar-refractivity contribution in [2.45, 2.75) is 25.7 Å². The molecule has 0 aliphatic heterocycles. The van der Waals surface area contributed by atoms with Gasteiger partial charge in [-0.15, -0.1) is 10.2 Å². The van der Waals surface area contributed by atoms with Crippen LogP contribution in [0, 0.1) is 20.8 Å². The highest BCUT2D eigenvalue weighted by molar-refractivity contribution is 7.92. The number of anilines is 3. The van der Waals surface area contributed by atoms with Gasteiger partial charge in [0.05, 0.1) is 4.90 Å². The highest BCUT2D eigenvalue weighted by Gasteiger charge is 2.17. The molecule has 26 heavy (non-hydrogen) atoms. The van der Waals surface area contributed by atoms with Crippen LogP contribution in [0.5, 0.6) is 0 Å². The van der Waals surface area contributed by atoms with E-state index >= 15 is 0 Å². The second-order valence-corrected chi connectivity index (χ2v) is 7.77. The summed E-state index contributed by atoms with van der Waals surface area (Å²) in [5.41, 5.74) is 3.69. The number of hydrogen-bond donors (Lipinski definition) is 2. The molecule has 3 aromatic rings. The summed E-state index contributed by atoms with van der Waals surface area (Å²) in [4.78, 5) is 0.229. The van der Waals surface area contributed by atoms with Crippen LogP contribution < -0.4 is 10.0 Å². The molecule has 6 nitrogen and oxygen atoms in total. The number of aromatic nitrogens is 2. The minimum atomic E-state index is -3.71. The fourth-order valence-electron chi connectivity index (χ4n) is 2.60. The molecule has 0 amide bonds. The van der Waals surface area contributed by atoms with Crippen LogP contribution in [0.3, 0.4) is 0 Å².